The highest BCUT2D eigenvalue weighted by molar-refractivity contribution is 6.18. The second-order valence-electron chi connectivity index (χ2n) is 2.90. The Kier molecular flexibility index (Phi) is 3.90. The SMILES string of the molecule is COC1O[C@H](CCl)[C@@H](O)[C@H](O)[C@H]1O. The zero-order chi connectivity index (χ0) is 10.0. The Balaban J connectivity index is 2.66. The predicted octanol–water partition coefficient (Wildman–Crippen LogP) is -1.32. The van der Waals surface area contributed by atoms with Crippen LogP contribution in [0.15, 0.2) is 0 Å². The van der Waals surface area contributed by atoms with Crippen molar-refractivity contribution in [2.75, 3.05) is 13.0 Å². The molecule has 1 fully saturated rings. The molecule has 0 bridgehead atoms. The number of hydrogen-bond acceptors (Lipinski definition) is 5. The monoisotopic (exact) mass is 212 g/mol. The largest absolute Gasteiger partial charge is 0.388 e. The van der Waals surface area contributed by atoms with Crippen molar-refractivity contribution in [3.8, 4) is 0 Å². The average molecular weight is 213 g/mol. The van der Waals surface area contributed by atoms with Crippen LogP contribution in [-0.4, -0.2) is 59.0 Å². The lowest BCUT2D eigenvalue weighted by Crippen LogP contribution is -2.58. The first kappa shape index (κ1) is 11.2. The summed E-state index contributed by atoms with van der Waals surface area (Å²) in [6.45, 7) is 0. The Hall–Kier alpha value is 0.0900. The molecule has 1 aliphatic rings. The summed E-state index contributed by atoms with van der Waals surface area (Å²) in [6.07, 6.45) is -5.38. The van der Waals surface area contributed by atoms with Crippen LogP contribution in [-0.2, 0) is 9.47 Å². The summed E-state index contributed by atoms with van der Waals surface area (Å²) in [5.74, 6) is 0.0325. The number of alkyl halides is 1. The molecule has 0 aromatic heterocycles. The summed E-state index contributed by atoms with van der Waals surface area (Å²) < 4.78 is 9.82. The minimum Gasteiger partial charge on any atom is -0.388 e. The van der Waals surface area contributed by atoms with E-state index in [1.807, 2.05) is 0 Å². The van der Waals surface area contributed by atoms with Crippen LogP contribution in [0.3, 0.4) is 0 Å². The number of rotatable bonds is 2. The van der Waals surface area contributed by atoms with Crippen LogP contribution >= 0.6 is 11.6 Å². The fourth-order valence-corrected chi connectivity index (χ4v) is 1.49. The van der Waals surface area contributed by atoms with E-state index in [-0.39, 0.29) is 5.88 Å². The second kappa shape index (κ2) is 4.54. The molecule has 0 aromatic carbocycles. The van der Waals surface area contributed by atoms with E-state index in [9.17, 15) is 15.3 Å². The van der Waals surface area contributed by atoms with Crippen LogP contribution in [0.25, 0.3) is 0 Å². The summed E-state index contributed by atoms with van der Waals surface area (Å²) >= 11 is 5.48. The predicted molar refractivity (Wildman–Crippen MR) is 44.4 cm³/mol. The van der Waals surface area contributed by atoms with Crippen LogP contribution < -0.4 is 0 Å². The van der Waals surface area contributed by atoms with Gasteiger partial charge in [0.25, 0.3) is 0 Å². The lowest BCUT2D eigenvalue weighted by atomic mass is 10.00. The molecule has 1 saturated heterocycles. The van der Waals surface area contributed by atoms with E-state index in [0.29, 0.717) is 0 Å². The molecule has 1 aliphatic heterocycles. The molecule has 0 saturated carbocycles. The van der Waals surface area contributed by atoms with Gasteiger partial charge in [0.2, 0.25) is 0 Å². The van der Waals surface area contributed by atoms with Gasteiger partial charge in [0, 0.05) is 7.11 Å². The fourth-order valence-electron chi connectivity index (χ4n) is 1.24. The van der Waals surface area contributed by atoms with Gasteiger partial charge in [-0.25, -0.2) is 0 Å². The molecular weight excluding hydrogens is 200 g/mol. The summed E-state index contributed by atoms with van der Waals surface area (Å²) in [4.78, 5) is 0. The van der Waals surface area contributed by atoms with Gasteiger partial charge in [-0.05, 0) is 0 Å². The van der Waals surface area contributed by atoms with Gasteiger partial charge in [0.05, 0.1) is 5.88 Å². The normalized spacial score (nSPS) is 46.4. The highest BCUT2D eigenvalue weighted by atomic mass is 35.5. The summed E-state index contributed by atoms with van der Waals surface area (Å²) in [6, 6.07) is 0. The van der Waals surface area contributed by atoms with Gasteiger partial charge >= 0.3 is 0 Å². The van der Waals surface area contributed by atoms with E-state index in [4.69, 9.17) is 21.1 Å². The summed E-state index contributed by atoms with van der Waals surface area (Å²) in [5, 5.41) is 28.0. The zero-order valence-electron chi connectivity index (χ0n) is 7.13. The molecule has 3 N–H and O–H groups in total. The summed E-state index contributed by atoms with van der Waals surface area (Å²) in [5.41, 5.74) is 0. The molecule has 5 nitrogen and oxygen atoms in total. The molecule has 13 heavy (non-hydrogen) atoms. The van der Waals surface area contributed by atoms with Gasteiger partial charge in [-0.3, -0.25) is 0 Å². The van der Waals surface area contributed by atoms with E-state index in [2.05, 4.69) is 0 Å². The van der Waals surface area contributed by atoms with Crippen molar-refractivity contribution in [1.82, 2.24) is 0 Å². The third-order valence-corrected chi connectivity index (χ3v) is 2.36. The number of aliphatic hydroxyl groups excluding tert-OH is 3. The van der Waals surface area contributed by atoms with Crippen molar-refractivity contribution in [2.24, 2.45) is 0 Å². The van der Waals surface area contributed by atoms with Crippen LogP contribution in [0.2, 0.25) is 0 Å². The molecular formula is C7H13ClO5. The molecule has 0 amide bonds. The van der Waals surface area contributed by atoms with Gasteiger partial charge in [0.15, 0.2) is 6.29 Å². The highest BCUT2D eigenvalue weighted by Gasteiger charge is 2.43. The zero-order valence-corrected chi connectivity index (χ0v) is 7.89. The van der Waals surface area contributed by atoms with Crippen LogP contribution in [0.4, 0.5) is 0 Å². The minimum atomic E-state index is -1.29. The van der Waals surface area contributed by atoms with Gasteiger partial charge in [0.1, 0.15) is 24.4 Å². The van der Waals surface area contributed by atoms with Crippen molar-refractivity contribution in [2.45, 2.75) is 30.7 Å². The fraction of sp³-hybridized carbons (Fsp3) is 1.00. The molecule has 1 heterocycles. The highest BCUT2D eigenvalue weighted by Crippen LogP contribution is 2.22. The van der Waals surface area contributed by atoms with E-state index >= 15 is 0 Å². The van der Waals surface area contributed by atoms with Crippen LogP contribution in [0.5, 0.6) is 0 Å². The third-order valence-electron chi connectivity index (χ3n) is 2.05. The Bertz CT molecular complexity index is 147. The van der Waals surface area contributed by atoms with Crippen molar-refractivity contribution in [3.05, 3.63) is 0 Å². The number of aliphatic hydroxyl groups is 3. The molecule has 0 spiro atoms. The van der Waals surface area contributed by atoms with E-state index in [1.54, 1.807) is 0 Å². The molecule has 6 heteroatoms. The third kappa shape index (κ3) is 2.12. The first-order valence-corrected chi connectivity index (χ1v) is 4.43. The Morgan fingerprint density at radius 1 is 1.23 bits per heavy atom. The molecule has 0 aromatic rings. The Labute approximate surface area is 80.8 Å². The maximum atomic E-state index is 9.35. The first-order chi connectivity index (χ1) is 6.11. The first-order valence-electron chi connectivity index (χ1n) is 3.90. The number of halogens is 1. The van der Waals surface area contributed by atoms with Crippen molar-refractivity contribution >= 4 is 11.6 Å². The topological polar surface area (TPSA) is 79.2 Å². The Morgan fingerprint density at radius 3 is 2.31 bits per heavy atom. The van der Waals surface area contributed by atoms with Crippen molar-refractivity contribution in [3.63, 3.8) is 0 Å². The quantitative estimate of drug-likeness (QED) is 0.495. The maximum Gasteiger partial charge on any atom is 0.186 e. The smallest absolute Gasteiger partial charge is 0.186 e. The molecule has 0 radical (unpaired) electrons. The molecule has 1 rings (SSSR count). The molecule has 5 atom stereocenters. The standard InChI is InChI=1S/C7H13ClO5/c1-12-7-6(11)5(10)4(9)3(2-8)13-7/h3-7,9-11H,2H2,1H3/t3-,4-,5+,6-,7?/m1/s1. The molecule has 78 valence electrons. The van der Waals surface area contributed by atoms with E-state index in [1.165, 1.54) is 7.11 Å². The molecule has 1 unspecified atom stereocenters. The summed E-state index contributed by atoms with van der Waals surface area (Å²) in [7, 11) is 1.34. The average Bonchev–Trinajstić information content (AvgIpc) is 2.15. The van der Waals surface area contributed by atoms with Crippen molar-refractivity contribution in [1.29, 1.82) is 0 Å². The van der Waals surface area contributed by atoms with Crippen LogP contribution in [0, 0.1) is 0 Å². The number of hydrogen-bond donors (Lipinski definition) is 3. The minimum absolute atomic E-state index is 0.0325. The maximum absolute atomic E-state index is 9.35. The van der Waals surface area contributed by atoms with E-state index < -0.39 is 30.7 Å². The molecule has 0 aliphatic carbocycles. The van der Waals surface area contributed by atoms with Crippen molar-refractivity contribution < 1.29 is 24.8 Å². The van der Waals surface area contributed by atoms with Gasteiger partial charge < -0.3 is 24.8 Å². The number of ether oxygens (including phenoxy) is 2. The lowest BCUT2D eigenvalue weighted by Gasteiger charge is -2.38. The van der Waals surface area contributed by atoms with Gasteiger partial charge in [-0.15, -0.1) is 11.6 Å². The number of methoxy groups -OCH3 is 1. The second-order valence-corrected chi connectivity index (χ2v) is 3.21. The van der Waals surface area contributed by atoms with Gasteiger partial charge in [-0.2, -0.15) is 0 Å². The van der Waals surface area contributed by atoms with Gasteiger partial charge in [-0.1, -0.05) is 0 Å². The Morgan fingerprint density at radius 2 is 1.85 bits per heavy atom. The lowest BCUT2D eigenvalue weighted by molar-refractivity contribution is -0.285. The van der Waals surface area contributed by atoms with Crippen LogP contribution in [0.1, 0.15) is 0 Å². The van der Waals surface area contributed by atoms with E-state index in [0.717, 1.165) is 0 Å².